The third-order valence-corrected chi connectivity index (χ3v) is 20.7. The van der Waals surface area contributed by atoms with Crippen molar-refractivity contribution >= 4 is 112 Å². The van der Waals surface area contributed by atoms with Crippen LogP contribution in [0.3, 0.4) is 0 Å². The molecule has 7 radical (unpaired) electrons. The summed E-state index contributed by atoms with van der Waals surface area (Å²) in [4.78, 5) is 20.3. The molecule has 0 amide bonds. The molecule has 19 rings (SSSR count). The van der Waals surface area contributed by atoms with Crippen LogP contribution in [0.1, 0.15) is 20.3 Å². The van der Waals surface area contributed by atoms with E-state index in [-0.39, 0.29) is 38.4 Å². The molecule has 0 bridgehead atoms. The third kappa shape index (κ3) is 18.7. The molecule has 3 N–H and O–H groups in total. The molecule has 559 valence electrons. The molecule has 2 unspecified atom stereocenters. The molecular formula is C102H80B3IrN7O2P-. The Bertz CT molecular complexity index is 6250. The molecule has 0 aliphatic rings. The second-order valence-corrected chi connectivity index (χ2v) is 30.5. The second-order valence-electron chi connectivity index (χ2n) is 28.2. The Labute approximate surface area is 695 Å². The maximum absolute atomic E-state index is 8.56. The van der Waals surface area contributed by atoms with Crippen LogP contribution in [-0.4, -0.2) is 76.0 Å². The fourth-order valence-electron chi connectivity index (χ4n) is 14.7. The van der Waals surface area contributed by atoms with Crippen LogP contribution >= 0.6 is 6.81 Å². The molecule has 116 heavy (non-hydrogen) atoms. The van der Waals surface area contributed by atoms with Gasteiger partial charge in [-0.25, -0.2) is 4.98 Å². The van der Waals surface area contributed by atoms with Gasteiger partial charge in [0.25, 0.3) is 0 Å². The number of hydrogen-bond donors (Lipinski definition) is 3. The van der Waals surface area contributed by atoms with Crippen LogP contribution in [0.2, 0.25) is 0 Å². The number of aliphatic hydroxyl groups excluding tert-OH is 2. The summed E-state index contributed by atoms with van der Waals surface area (Å²) in [6.07, 6.45) is 5.07. The summed E-state index contributed by atoms with van der Waals surface area (Å²) >= 11 is 0. The first kappa shape index (κ1) is 79.9. The molecule has 0 saturated heterocycles. The number of aromatic nitrogens is 5. The monoisotopic (exact) mass is 1690 g/mol. The van der Waals surface area contributed by atoms with Crippen molar-refractivity contribution in [2.24, 2.45) is 0 Å². The molecule has 14 heteroatoms. The van der Waals surface area contributed by atoms with Gasteiger partial charge in [0.15, 0.2) is 0 Å². The van der Waals surface area contributed by atoms with Gasteiger partial charge in [0, 0.05) is 76.8 Å². The average molecular weight is 1690 g/mol. The van der Waals surface area contributed by atoms with Crippen molar-refractivity contribution in [2.75, 3.05) is 11.0 Å². The predicted octanol–water partition coefficient (Wildman–Crippen LogP) is 25.5. The van der Waals surface area contributed by atoms with E-state index in [0.29, 0.717) is 6.42 Å². The van der Waals surface area contributed by atoms with E-state index < -0.39 is 6.81 Å². The maximum Gasteiger partial charge on any atom is 0.119 e. The Morgan fingerprint density at radius 1 is 0.371 bits per heavy atom. The van der Waals surface area contributed by atoms with E-state index in [1.54, 1.807) is 20.2 Å². The van der Waals surface area contributed by atoms with Gasteiger partial charge < -0.3 is 24.8 Å². The molecule has 2 atom stereocenters. The molecule has 19 aromatic rings. The quantitative estimate of drug-likeness (QED) is 0.0429. The molecule has 0 aliphatic heterocycles. The van der Waals surface area contributed by atoms with Gasteiger partial charge in [-0.3, -0.25) is 15.0 Å². The van der Waals surface area contributed by atoms with Crippen molar-refractivity contribution < 1.29 is 30.3 Å². The molecule has 0 spiro atoms. The van der Waals surface area contributed by atoms with E-state index in [0.717, 1.165) is 61.4 Å². The van der Waals surface area contributed by atoms with Gasteiger partial charge in [-0.1, -0.05) is 279 Å². The van der Waals surface area contributed by atoms with Crippen LogP contribution in [0.25, 0.3) is 149 Å². The van der Waals surface area contributed by atoms with E-state index in [1.807, 2.05) is 85.2 Å². The van der Waals surface area contributed by atoms with Gasteiger partial charge in [0.1, 0.15) is 21.5 Å². The number of fused-ring (bicyclic) bond motifs is 8. The zero-order valence-corrected chi connectivity index (χ0v) is 67.5. The summed E-state index contributed by atoms with van der Waals surface area (Å²) in [5.74, 6) is 0. The number of pyridine rings is 2. The number of para-hydroxylation sites is 2. The zero-order chi connectivity index (χ0) is 79.0. The Morgan fingerprint density at radius 3 is 1.24 bits per heavy atom. The number of benzene rings is 15. The van der Waals surface area contributed by atoms with Gasteiger partial charge >= 0.3 is 0 Å². The molecule has 0 fully saturated rings. The van der Waals surface area contributed by atoms with Crippen molar-refractivity contribution in [2.45, 2.75) is 32.5 Å². The van der Waals surface area contributed by atoms with Crippen molar-refractivity contribution in [3.8, 4) is 83.8 Å². The number of hydrogen-bond acceptors (Lipinski definition) is 8. The first-order chi connectivity index (χ1) is 56.3. The van der Waals surface area contributed by atoms with Gasteiger partial charge in [0.05, 0.1) is 47.8 Å². The Morgan fingerprint density at radius 2 is 0.767 bits per heavy atom. The first-order valence-corrected chi connectivity index (χ1v) is 40.5. The number of nitrogens with one attached hydrogen (secondary N) is 1. The summed E-state index contributed by atoms with van der Waals surface area (Å²) in [5, 5.41) is 33.6. The summed E-state index contributed by atoms with van der Waals surface area (Å²) in [6, 6.07) is 136. The van der Waals surface area contributed by atoms with Crippen molar-refractivity contribution in [3.63, 3.8) is 0 Å². The van der Waals surface area contributed by atoms with Crippen LogP contribution in [0.15, 0.2) is 395 Å². The first-order valence-electron chi connectivity index (χ1n) is 38.3. The normalized spacial score (nSPS) is 11.5. The van der Waals surface area contributed by atoms with E-state index in [2.05, 4.69) is 339 Å². The average Bonchev–Trinajstić information content (AvgIpc) is 1.46. The summed E-state index contributed by atoms with van der Waals surface area (Å²) in [6.45, 7) is 0.950. The Hall–Kier alpha value is -12.7. The molecular weight excluding hydrogens is 1610 g/mol. The van der Waals surface area contributed by atoms with Crippen LogP contribution in [0.5, 0.6) is 0 Å². The summed E-state index contributed by atoms with van der Waals surface area (Å²) < 4.78 is 2.37. The van der Waals surface area contributed by atoms with Gasteiger partial charge in [-0.15, -0.1) is 42.7 Å². The smallest absolute Gasteiger partial charge is 0.119 e. The van der Waals surface area contributed by atoms with E-state index in [1.165, 1.54) is 105 Å². The SMILES string of the molecule is CC(O)CC(C)O.[B]CP([B])([B])=N.[Ir].[c-]1ccccc1-c1cc(-c2ccccc2)ncn1.c1ccc(-c2ccnc3c2ccc2c(-c4ccccc4)ccnc23)cc1.c1ccc(-n2c3ccccc3c3cc(-c4ccc(N(c5ccc(-c6cccc7ccccc67)cc5)c5ccc(-c6cccc7ccccc67)cc5)cc4)ccc32)cc1. The van der Waals surface area contributed by atoms with Crippen LogP contribution in [0.4, 0.5) is 17.1 Å². The fraction of sp³-hybridized carbons (Fsp3) is 0.0588. The second kappa shape index (κ2) is 37.5. The summed E-state index contributed by atoms with van der Waals surface area (Å²) in [5.41, 5.74) is 24.7. The van der Waals surface area contributed by atoms with Gasteiger partial charge in [-0.2, -0.15) is 0 Å². The van der Waals surface area contributed by atoms with Crippen molar-refractivity contribution in [1.82, 2.24) is 24.5 Å². The number of rotatable bonds is 14. The molecule has 15 aromatic carbocycles. The Balaban J connectivity index is 0.000000156. The number of anilines is 3. The summed E-state index contributed by atoms with van der Waals surface area (Å²) in [7, 11) is 14.8. The van der Waals surface area contributed by atoms with E-state index in [9.17, 15) is 0 Å². The van der Waals surface area contributed by atoms with Crippen LogP contribution in [-0.2, 0) is 20.1 Å². The van der Waals surface area contributed by atoms with Gasteiger partial charge in [0.2, 0.25) is 0 Å². The number of nitrogens with zero attached hydrogens (tertiary/aromatic N) is 6. The molecule has 4 heterocycles. The maximum atomic E-state index is 8.56. The minimum absolute atomic E-state index is 0. The topological polar surface area (TPSA) is 124 Å². The predicted molar refractivity (Wildman–Crippen MR) is 486 cm³/mol. The fourth-order valence-corrected chi connectivity index (χ4v) is 14.7. The molecule has 4 aromatic heterocycles. The van der Waals surface area contributed by atoms with Crippen molar-refractivity contribution in [3.05, 3.63) is 401 Å². The number of aliphatic hydroxyl groups is 2. The third-order valence-electron chi connectivity index (χ3n) is 20.1. The minimum atomic E-state index is -2.37. The van der Waals surface area contributed by atoms with E-state index >= 15 is 0 Å². The van der Waals surface area contributed by atoms with E-state index in [4.69, 9.17) is 38.4 Å². The van der Waals surface area contributed by atoms with Crippen LogP contribution < -0.4 is 4.90 Å². The van der Waals surface area contributed by atoms with Gasteiger partial charge in [-0.05, 0) is 188 Å². The van der Waals surface area contributed by atoms with Crippen molar-refractivity contribution in [1.29, 1.82) is 5.16 Å². The molecule has 0 aliphatic carbocycles. The Kier molecular flexibility index (Phi) is 25.9. The van der Waals surface area contributed by atoms with Crippen LogP contribution in [0, 0.1) is 11.2 Å². The molecule has 9 nitrogen and oxygen atoms in total. The standard InChI is InChI=1S/C56H38N2.C24H16N2.C16H11N2.C5H12O2.CH3B3NP.Ir/c1-2-16-45(17-3-1)58-55-23-9-8-20-53(55)54-38-44(30-37-56(54)58)39-24-31-46(32-25-39)57(47-33-26-42(27-34-47)51-21-10-14-40-12-4-6-18-49(40)51)48-35-28-43(29-36-48)52-22-11-15-41-13-5-7-19-50(41)52;1-3-7-17(8-4-1)19-13-15-25-23-21(19)11-12-22-20(14-16-26-24(22)23)18-9-5-2-6-10-18;1-3-7-13(8-4-1)15-11-16(18-12-17-15)14-9-5-2-6-10-14;1-4(6)3-5(2)7;2-1-6(3,4)5;/h1-38H;1-16H;1-9,11-12H;4-7H,3H2,1-2H3;5H,1H2;/q;;-1;;;. The molecule has 0 saturated carbocycles. The zero-order valence-electron chi connectivity index (χ0n) is 64.2. The largest absolute Gasteiger partial charge is 0.393 e. The minimum Gasteiger partial charge on any atom is -0.393 e.